The Labute approximate surface area is 123 Å². The van der Waals surface area contributed by atoms with Crippen LogP contribution in [0.25, 0.3) is 0 Å². The summed E-state index contributed by atoms with van der Waals surface area (Å²) in [4.78, 5) is 14.0. The van der Waals surface area contributed by atoms with E-state index in [1.165, 1.54) is 12.0 Å². The first kappa shape index (κ1) is 14.7. The van der Waals surface area contributed by atoms with Gasteiger partial charge < -0.3 is 20.5 Å². The van der Waals surface area contributed by atoms with Crippen molar-refractivity contribution in [1.82, 2.24) is 4.90 Å². The summed E-state index contributed by atoms with van der Waals surface area (Å²) in [6.45, 7) is 0.294. The van der Waals surface area contributed by atoms with Crippen LogP contribution in [-0.4, -0.2) is 30.1 Å². The van der Waals surface area contributed by atoms with Gasteiger partial charge in [0.05, 0.1) is 12.7 Å². The first-order valence-electron chi connectivity index (χ1n) is 6.48. The maximum absolute atomic E-state index is 12.5. The number of nitrogen functional groups attached to an aromatic ring is 1. The minimum Gasteiger partial charge on any atom is -0.508 e. The van der Waals surface area contributed by atoms with Gasteiger partial charge in [0.25, 0.3) is 5.91 Å². The molecule has 5 nitrogen and oxygen atoms in total. The summed E-state index contributed by atoms with van der Waals surface area (Å²) in [6.07, 6.45) is 0. The van der Waals surface area contributed by atoms with E-state index in [2.05, 4.69) is 0 Å². The number of nitrogens with two attached hydrogens (primary N) is 1. The van der Waals surface area contributed by atoms with Crippen LogP contribution >= 0.6 is 0 Å². The zero-order chi connectivity index (χ0) is 15.4. The summed E-state index contributed by atoms with van der Waals surface area (Å²) < 4.78 is 5.11. The first-order valence-corrected chi connectivity index (χ1v) is 6.48. The number of hydrogen-bond donors (Lipinski definition) is 2. The lowest BCUT2D eigenvalue weighted by Gasteiger charge is -2.19. The van der Waals surface area contributed by atoms with E-state index in [0.29, 0.717) is 29.1 Å². The van der Waals surface area contributed by atoms with Gasteiger partial charge in [-0.3, -0.25) is 4.79 Å². The summed E-state index contributed by atoms with van der Waals surface area (Å²) in [5, 5.41) is 9.77. The third-order valence-corrected chi connectivity index (χ3v) is 3.24. The standard InChI is InChI=1S/C16H18N2O3/c1-18(10-11-5-3-4-6-15(11)19)16(20)13-9-12(21-2)7-8-14(13)17/h3-9,19H,10,17H2,1-2H3. The van der Waals surface area contributed by atoms with E-state index in [-0.39, 0.29) is 11.7 Å². The fraction of sp³-hybridized carbons (Fsp3) is 0.188. The number of nitrogens with zero attached hydrogens (tertiary/aromatic N) is 1. The van der Waals surface area contributed by atoms with Gasteiger partial charge in [-0.1, -0.05) is 18.2 Å². The number of ether oxygens (including phenoxy) is 1. The highest BCUT2D eigenvalue weighted by molar-refractivity contribution is 5.99. The second kappa shape index (κ2) is 6.17. The van der Waals surface area contributed by atoms with Crippen LogP contribution in [0, 0.1) is 0 Å². The molecule has 0 spiro atoms. The molecule has 0 saturated carbocycles. The molecular formula is C16H18N2O3. The molecule has 3 N–H and O–H groups in total. The zero-order valence-corrected chi connectivity index (χ0v) is 12.0. The summed E-state index contributed by atoms with van der Waals surface area (Å²) >= 11 is 0. The molecule has 110 valence electrons. The van der Waals surface area contributed by atoms with E-state index in [1.807, 2.05) is 6.07 Å². The zero-order valence-electron chi connectivity index (χ0n) is 12.0. The van der Waals surface area contributed by atoms with Crippen LogP contribution in [0.3, 0.4) is 0 Å². The predicted octanol–water partition coefficient (Wildman–Crippen LogP) is 2.26. The molecule has 0 radical (unpaired) electrons. The highest BCUT2D eigenvalue weighted by atomic mass is 16.5. The highest BCUT2D eigenvalue weighted by Gasteiger charge is 2.17. The van der Waals surface area contributed by atoms with Crippen LogP contribution in [0.5, 0.6) is 11.5 Å². The molecule has 2 rings (SSSR count). The molecule has 0 aliphatic heterocycles. The number of amides is 1. The number of para-hydroxylation sites is 1. The second-order valence-electron chi connectivity index (χ2n) is 4.74. The van der Waals surface area contributed by atoms with E-state index in [4.69, 9.17) is 10.5 Å². The number of carbonyl (C=O) groups excluding carboxylic acids is 1. The Hall–Kier alpha value is -2.69. The molecule has 2 aromatic carbocycles. The van der Waals surface area contributed by atoms with Crippen LogP contribution in [-0.2, 0) is 6.54 Å². The Morgan fingerprint density at radius 1 is 1.29 bits per heavy atom. The lowest BCUT2D eigenvalue weighted by Crippen LogP contribution is -2.27. The van der Waals surface area contributed by atoms with E-state index in [9.17, 15) is 9.90 Å². The highest BCUT2D eigenvalue weighted by Crippen LogP contribution is 2.23. The fourth-order valence-corrected chi connectivity index (χ4v) is 2.03. The number of aromatic hydroxyl groups is 1. The molecule has 0 atom stereocenters. The number of benzene rings is 2. The number of methoxy groups -OCH3 is 1. The first-order chi connectivity index (χ1) is 10.0. The molecule has 0 fully saturated rings. The Kier molecular flexibility index (Phi) is 4.33. The summed E-state index contributed by atoms with van der Waals surface area (Å²) in [5.74, 6) is 0.508. The van der Waals surface area contributed by atoms with E-state index in [1.54, 1.807) is 43.4 Å². The molecule has 0 saturated heterocycles. The third-order valence-electron chi connectivity index (χ3n) is 3.24. The molecular weight excluding hydrogens is 268 g/mol. The predicted molar refractivity (Wildman–Crippen MR) is 81.3 cm³/mol. The van der Waals surface area contributed by atoms with Gasteiger partial charge in [0.2, 0.25) is 0 Å². The van der Waals surface area contributed by atoms with Crippen molar-refractivity contribution in [3.63, 3.8) is 0 Å². The average molecular weight is 286 g/mol. The van der Waals surface area contributed by atoms with Crippen LogP contribution in [0.1, 0.15) is 15.9 Å². The summed E-state index contributed by atoms with van der Waals surface area (Å²) in [5.41, 5.74) is 7.30. The Morgan fingerprint density at radius 3 is 2.67 bits per heavy atom. The second-order valence-corrected chi connectivity index (χ2v) is 4.74. The van der Waals surface area contributed by atoms with Crippen molar-refractivity contribution >= 4 is 11.6 Å². The summed E-state index contributed by atoms with van der Waals surface area (Å²) in [7, 11) is 3.19. The van der Waals surface area contributed by atoms with Gasteiger partial charge in [0.15, 0.2) is 0 Å². The maximum atomic E-state index is 12.5. The monoisotopic (exact) mass is 286 g/mol. The smallest absolute Gasteiger partial charge is 0.256 e. The number of rotatable bonds is 4. The molecule has 21 heavy (non-hydrogen) atoms. The molecule has 0 aromatic heterocycles. The van der Waals surface area contributed by atoms with Gasteiger partial charge in [0.1, 0.15) is 11.5 Å². The lowest BCUT2D eigenvalue weighted by atomic mass is 10.1. The number of anilines is 1. The number of phenolic OH excluding ortho intramolecular Hbond substituents is 1. The Balaban J connectivity index is 2.22. The number of carbonyl (C=O) groups is 1. The third kappa shape index (κ3) is 3.25. The van der Waals surface area contributed by atoms with E-state index >= 15 is 0 Å². The van der Waals surface area contributed by atoms with Gasteiger partial charge in [-0.05, 0) is 24.3 Å². The average Bonchev–Trinajstić information content (AvgIpc) is 2.49. The van der Waals surface area contributed by atoms with Crippen molar-refractivity contribution in [2.75, 3.05) is 19.9 Å². The quantitative estimate of drug-likeness (QED) is 0.845. The van der Waals surface area contributed by atoms with Crippen LogP contribution < -0.4 is 10.5 Å². The lowest BCUT2D eigenvalue weighted by molar-refractivity contribution is 0.0785. The van der Waals surface area contributed by atoms with Crippen molar-refractivity contribution < 1.29 is 14.6 Å². The largest absolute Gasteiger partial charge is 0.508 e. The van der Waals surface area contributed by atoms with Gasteiger partial charge in [0, 0.05) is 24.8 Å². The molecule has 1 amide bonds. The van der Waals surface area contributed by atoms with Crippen molar-refractivity contribution in [1.29, 1.82) is 0 Å². The van der Waals surface area contributed by atoms with Crippen molar-refractivity contribution in [2.45, 2.75) is 6.54 Å². The topological polar surface area (TPSA) is 75.8 Å². The molecule has 5 heteroatoms. The normalized spacial score (nSPS) is 10.2. The summed E-state index contributed by atoms with van der Waals surface area (Å²) in [6, 6.07) is 11.9. The van der Waals surface area contributed by atoms with Crippen molar-refractivity contribution in [3.8, 4) is 11.5 Å². The molecule has 0 unspecified atom stereocenters. The van der Waals surface area contributed by atoms with Gasteiger partial charge >= 0.3 is 0 Å². The van der Waals surface area contributed by atoms with Gasteiger partial charge in [-0.25, -0.2) is 0 Å². The van der Waals surface area contributed by atoms with E-state index < -0.39 is 0 Å². The van der Waals surface area contributed by atoms with Crippen molar-refractivity contribution in [3.05, 3.63) is 53.6 Å². The molecule has 0 bridgehead atoms. The van der Waals surface area contributed by atoms with Crippen LogP contribution in [0.4, 0.5) is 5.69 Å². The SMILES string of the molecule is COc1ccc(N)c(C(=O)N(C)Cc2ccccc2O)c1. The number of phenols is 1. The van der Waals surface area contributed by atoms with Crippen molar-refractivity contribution in [2.24, 2.45) is 0 Å². The minimum absolute atomic E-state index is 0.163. The Morgan fingerprint density at radius 2 is 2.00 bits per heavy atom. The molecule has 2 aromatic rings. The Bertz CT molecular complexity index is 656. The number of hydrogen-bond acceptors (Lipinski definition) is 4. The van der Waals surface area contributed by atoms with Gasteiger partial charge in [-0.15, -0.1) is 0 Å². The van der Waals surface area contributed by atoms with Crippen LogP contribution in [0.2, 0.25) is 0 Å². The molecule has 0 heterocycles. The fourth-order valence-electron chi connectivity index (χ4n) is 2.03. The molecule has 0 aliphatic rings. The van der Waals surface area contributed by atoms with Gasteiger partial charge in [-0.2, -0.15) is 0 Å². The van der Waals surface area contributed by atoms with E-state index in [0.717, 1.165) is 0 Å². The van der Waals surface area contributed by atoms with Crippen LogP contribution in [0.15, 0.2) is 42.5 Å². The maximum Gasteiger partial charge on any atom is 0.256 e. The molecule has 0 aliphatic carbocycles. The minimum atomic E-state index is -0.227.